The van der Waals surface area contributed by atoms with Crippen molar-refractivity contribution in [3.05, 3.63) is 42.1 Å². The molecule has 2 aromatic rings. The summed E-state index contributed by atoms with van der Waals surface area (Å²) in [6.07, 6.45) is 2.30. The molecule has 1 aromatic heterocycles. The largest absolute Gasteiger partial charge is 0.471 e. The zero-order chi connectivity index (χ0) is 15.6. The predicted octanol–water partition coefficient (Wildman–Crippen LogP) is 1.50. The van der Waals surface area contributed by atoms with Crippen LogP contribution >= 0.6 is 0 Å². The molecular weight excluding hydrogens is 298 g/mol. The monoisotopic (exact) mass is 313 g/mol. The summed E-state index contributed by atoms with van der Waals surface area (Å²) in [4.78, 5) is 14.4. The summed E-state index contributed by atoms with van der Waals surface area (Å²) in [5.74, 6) is 1.73. The predicted molar refractivity (Wildman–Crippen MR) is 79.5 cm³/mol. The Bertz CT molecular complexity index is 723. The molecule has 0 saturated carbocycles. The van der Waals surface area contributed by atoms with Gasteiger partial charge in [-0.25, -0.2) is 0 Å². The number of benzene rings is 1. The lowest BCUT2D eigenvalue weighted by atomic mass is 10.2. The van der Waals surface area contributed by atoms with Crippen LogP contribution in [0.15, 0.2) is 36.5 Å². The Morgan fingerprint density at radius 1 is 1.26 bits per heavy atom. The van der Waals surface area contributed by atoms with Gasteiger partial charge in [-0.05, 0) is 24.3 Å². The van der Waals surface area contributed by atoms with Crippen molar-refractivity contribution >= 4 is 5.91 Å². The van der Waals surface area contributed by atoms with Crippen molar-refractivity contribution in [3.8, 4) is 17.4 Å². The molecule has 1 aromatic carbocycles. The lowest BCUT2D eigenvalue weighted by Gasteiger charge is -2.17. The van der Waals surface area contributed by atoms with Crippen LogP contribution in [0, 0.1) is 0 Å². The van der Waals surface area contributed by atoms with Crippen LogP contribution in [0.2, 0.25) is 0 Å². The first-order valence-corrected chi connectivity index (χ1v) is 7.43. The first-order chi connectivity index (χ1) is 11.3. The second-order valence-electron chi connectivity index (χ2n) is 5.41. The maximum absolute atomic E-state index is 12.6. The van der Waals surface area contributed by atoms with Crippen LogP contribution in [-0.4, -0.2) is 47.0 Å². The number of amides is 1. The molecule has 7 nitrogen and oxygen atoms in total. The fourth-order valence-corrected chi connectivity index (χ4v) is 2.74. The van der Waals surface area contributed by atoms with Gasteiger partial charge < -0.3 is 19.1 Å². The number of fused-ring (bicyclic) bond motifs is 1. The van der Waals surface area contributed by atoms with Gasteiger partial charge in [0.2, 0.25) is 12.7 Å². The fourth-order valence-electron chi connectivity index (χ4n) is 2.74. The Morgan fingerprint density at radius 2 is 2.17 bits per heavy atom. The number of hydrogen-bond acceptors (Lipinski definition) is 6. The molecule has 1 fully saturated rings. The summed E-state index contributed by atoms with van der Waals surface area (Å²) in [6, 6.07) is 8.77. The van der Waals surface area contributed by atoms with Crippen LogP contribution < -0.4 is 14.2 Å². The lowest BCUT2D eigenvalue weighted by molar-refractivity contribution is 0.0770. The summed E-state index contributed by atoms with van der Waals surface area (Å²) in [7, 11) is 0. The zero-order valence-corrected chi connectivity index (χ0v) is 12.3. The molecular formula is C16H15N3O4. The van der Waals surface area contributed by atoms with Crippen LogP contribution in [0.1, 0.15) is 16.8 Å². The van der Waals surface area contributed by atoms with Crippen molar-refractivity contribution in [1.82, 2.24) is 15.1 Å². The third kappa shape index (κ3) is 2.77. The van der Waals surface area contributed by atoms with Crippen molar-refractivity contribution < 1.29 is 19.0 Å². The highest BCUT2D eigenvalue weighted by Gasteiger charge is 2.29. The molecule has 0 N–H and O–H groups in total. The number of ether oxygens (including phenoxy) is 3. The Hall–Kier alpha value is -2.83. The molecule has 0 unspecified atom stereocenters. The normalized spacial score (nSPS) is 19.0. The van der Waals surface area contributed by atoms with E-state index in [-0.39, 0.29) is 18.8 Å². The van der Waals surface area contributed by atoms with Crippen LogP contribution in [-0.2, 0) is 0 Å². The number of carbonyl (C=O) groups is 1. The standard InChI is InChI=1S/C16H15N3O4/c20-16(11-3-4-13-14(8-11)22-10-21-13)19-7-5-12(9-19)23-15-2-1-6-17-18-15/h1-4,6,8,12H,5,7,9-10H2/t12-/m0/s1. The average molecular weight is 313 g/mol. The van der Waals surface area contributed by atoms with E-state index in [1.165, 1.54) is 0 Å². The number of nitrogens with zero attached hydrogens (tertiary/aromatic N) is 3. The van der Waals surface area contributed by atoms with Gasteiger partial charge in [-0.1, -0.05) is 0 Å². The van der Waals surface area contributed by atoms with E-state index in [0.29, 0.717) is 36.0 Å². The zero-order valence-electron chi connectivity index (χ0n) is 12.3. The molecule has 0 radical (unpaired) electrons. The minimum Gasteiger partial charge on any atom is -0.471 e. The van der Waals surface area contributed by atoms with Gasteiger partial charge in [-0.15, -0.1) is 5.10 Å². The highest BCUT2D eigenvalue weighted by molar-refractivity contribution is 5.95. The quantitative estimate of drug-likeness (QED) is 0.855. The van der Waals surface area contributed by atoms with Crippen LogP contribution in [0.3, 0.4) is 0 Å². The van der Waals surface area contributed by atoms with Gasteiger partial charge in [0.05, 0.1) is 6.54 Å². The third-order valence-corrected chi connectivity index (χ3v) is 3.89. The van der Waals surface area contributed by atoms with Crippen LogP contribution in [0.25, 0.3) is 0 Å². The molecule has 23 heavy (non-hydrogen) atoms. The minimum atomic E-state index is -0.0651. The first kappa shape index (κ1) is 13.8. The van der Waals surface area contributed by atoms with E-state index >= 15 is 0 Å². The maximum Gasteiger partial charge on any atom is 0.254 e. The van der Waals surface area contributed by atoms with Crippen molar-refractivity contribution in [3.63, 3.8) is 0 Å². The minimum absolute atomic E-state index is 0.0338. The van der Waals surface area contributed by atoms with E-state index in [4.69, 9.17) is 14.2 Å². The third-order valence-electron chi connectivity index (χ3n) is 3.89. The van der Waals surface area contributed by atoms with E-state index < -0.39 is 0 Å². The molecule has 1 saturated heterocycles. The number of hydrogen-bond donors (Lipinski definition) is 0. The second-order valence-corrected chi connectivity index (χ2v) is 5.41. The Morgan fingerprint density at radius 3 is 3.04 bits per heavy atom. The number of rotatable bonds is 3. The van der Waals surface area contributed by atoms with Crippen molar-refractivity contribution in [2.45, 2.75) is 12.5 Å². The Labute approximate surface area is 132 Å². The highest BCUT2D eigenvalue weighted by atomic mass is 16.7. The Balaban J connectivity index is 1.42. The fraction of sp³-hybridized carbons (Fsp3) is 0.312. The van der Waals surface area contributed by atoms with Crippen molar-refractivity contribution in [1.29, 1.82) is 0 Å². The summed E-state index contributed by atoms with van der Waals surface area (Å²) < 4.78 is 16.3. The van der Waals surface area contributed by atoms with Gasteiger partial charge in [0, 0.05) is 30.8 Å². The van der Waals surface area contributed by atoms with E-state index in [1.807, 2.05) is 0 Å². The molecule has 0 bridgehead atoms. The van der Waals surface area contributed by atoms with E-state index in [2.05, 4.69) is 10.2 Å². The SMILES string of the molecule is O=C(c1ccc2c(c1)OCO2)N1CC[C@H](Oc2cccnn2)C1. The molecule has 118 valence electrons. The van der Waals surface area contributed by atoms with E-state index in [0.717, 1.165) is 6.42 Å². The van der Waals surface area contributed by atoms with Gasteiger partial charge >= 0.3 is 0 Å². The maximum atomic E-state index is 12.6. The van der Waals surface area contributed by atoms with Gasteiger partial charge in [-0.3, -0.25) is 4.79 Å². The molecule has 2 aliphatic heterocycles. The number of aromatic nitrogens is 2. The van der Waals surface area contributed by atoms with Gasteiger partial charge in [0.15, 0.2) is 11.5 Å². The average Bonchev–Trinajstić information content (AvgIpc) is 3.23. The molecule has 3 heterocycles. The smallest absolute Gasteiger partial charge is 0.254 e. The topological polar surface area (TPSA) is 73.8 Å². The molecule has 2 aliphatic rings. The lowest BCUT2D eigenvalue weighted by Crippen LogP contribution is -2.31. The molecule has 1 amide bonds. The van der Waals surface area contributed by atoms with Gasteiger partial charge in [-0.2, -0.15) is 5.10 Å². The van der Waals surface area contributed by atoms with E-state index in [9.17, 15) is 4.79 Å². The Kier molecular flexibility index (Phi) is 3.45. The molecule has 1 atom stereocenters. The summed E-state index contributed by atoms with van der Waals surface area (Å²) >= 11 is 0. The van der Waals surface area contributed by atoms with E-state index in [1.54, 1.807) is 41.4 Å². The van der Waals surface area contributed by atoms with Gasteiger partial charge in [0.1, 0.15) is 6.10 Å². The molecule has 7 heteroatoms. The molecule has 0 spiro atoms. The summed E-state index contributed by atoms with van der Waals surface area (Å²) in [5, 5.41) is 7.68. The molecule has 4 rings (SSSR count). The van der Waals surface area contributed by atoms with Crippen LogP contribution in [0.5, 0.6) is 17.4 Å². The second kappa shape index (κ2) is 5.75. The number of likely N-dealkylation sites (tertiary alicyclic amines) is 1. The highest BCUT2D eigenvalue weighted by Crippen LogP contribution is 2.33. The summed E-state index contributed by atoms with van der Waals surface area (Å²) in [5.41, 5.74) is 0.592. The molecule has 0 aliphatic carbocycles. The van der Waals surface area contributed by atoms with Crippen molar-refractivity contribution in [2.75, 3.05) is 19.9 Å². The summed E-state index contributed by atoms with van der Waals surface area (Å²) in [6.45, 7) is 1.38. The van der Waals surface area contributed by atoms with Crippen LogP contribution in [0.4, 0.5) is 0 Å². The first-order valence-electron chi connectivity index (χ1n) is 7.43. The van der Waals surface area contributed by atoms with Gasteiger partial charge in [0.25, 0.3) is 5.91 Å². The van der Waals surface area contributed by atoms with Crippen molar-refractivity contribution in [2.24, 2.45) is 0 Å². The number of carbonyl (C=O) groups excluding carboxylic acids is 1.